The monoisotopic (exact) mass is 166 g/mol. The van der Waals surface area contributed by atoms with Crippen molar-refractivity contribution >= 4 is 0 Å². The summed E-state index contributed by atoms with van der Waals surface area (Å²) in [5, 5.41) is 0. The Morgan fingerprint density at radius 3 is 2.75 bits per heavy atom. The molecule has 0 bridgehead atoms. The van der Waals surface area contributed by atoms with Crippen LogP contribution in [-0.4, -0.2) is 6.17 Å². The minimum absolute atomic E-state index is 0.109. The van der Waals surface area contributed by atoms with E-state index in [1.807, 2.05) is 0 Å². The van der Waals surface area contributed by atoms with Crippen molar-refractivity contribution < 1.29 is 8.78 Å². The minimum Gasteiger partial charge on any atom is -0.234 e. The molecule has 0 amide bonds. The van der Waals surface area contributed by atoms with Crippen molar-refractivity contribution in [2.75, 3.05) is 0 Å². The maximum Gasteiger partial charge on any atom is 0.177 e. The maximum absolute atomic E-state index is 13.0. The smallest absolute Gasteiger partial charge is 0.177 e. The van der Waals surface area contributed by atoms with Crippen LogP contribution in [0.5, 0.6) is 0 Å². The first-order valence-electron chi connectivity index (χ1n) is 3.50. The van der Waals surface area contributed by atoms with Gasteiger partial charge in [0.25, 0.3) is 0 Å². The number of alkyl halides is 1. The second-order valence-electron chi connectivity index (χ2n) is 2.41. The van der Waals surface area contributed by atoms with Gasteiger partial charge in [0.2, 0.25) is 0 Å². The summed E-state index contributed by atoms with van der Waals surface area (Å²) >= 11 is 0. The van der Waals surface area contributed by atoms with E-state index in [1.54, 1.807) is 6.92 Å². The van der Waals surface area contributed by atoms with Crippen LogP contribution in [0.1, 0.15) is 6.92 Å². The molecule has 0 aliphatic heterocycles. The number of halogens is 2. The molecule has 0 aromatic rings. The molecule has 0 aromatic carbocycles. The predicted molar refractivity (Wildman–Crippen MR) is 44.8 cm³/mol. The predicted octanol–water partition coefficient (Wildman–Crippen LogP) is 2.70. The molecule has 0 nitrogen and oxygen atoms in total. The van der Waals surface area contributed by atoms with Crippen molar-refractivity contribution in [3.8, 4) is 11.8 Å². The van der Waals surface area contributed by atoms with Gasteiger partial charge in [0.05, 0.1) is 5.57 Å². The molecule has 62 valence electrons. The molecule has 0 N–H and O–H groups in total. The van der Waals surface area contributed by atoms with Gasteiger partial charge in [-0.1, -0.05) is 18.6 Å². The van der Waals surface area contributed by atoms with E-state index in [9.17, 15) is 8.78 Å². The third kappa shape index (κ3) is 1.45. The second kappa shape index (κ2) is 3.36. The SMILES string of the molecule is C=C1C=CC(C#CC)=C(F)C1F. The quantitative estimate of drug-likeness (QED) is 0.485. The first kappa shape index (κ1) is 8.73. The minimum atomic E-state index is -1.72. The Labute approximate surface area is 70.3 Å². The van der Waals surface area contributed by atoms with Gasteiger partial charge < -0.3 is 0 Å². The highest BCUT2D eigenvalue weighted by Crippen LogP contribution is 2.25. The van der Waals surface area contributed by atoms with Crippen LogP contribution >= 0.6 is 0 Å². The lowest BCUT2D eigenvalue weighted by molar-refractivity contribution is 0.368. The lowest BCUT2D eigenvalue weighted by atomic mass is 10.0. The van der Waals surface area contributed by atoms with Crippen LogP contribution in [0.2, 0.25) is 0 Å². The topological polar surface area (TPSA) is 0 Å². The molecular formula is C10H8F2. The zero-order chi connectivity index (χ0) is 9.14. The maximum atomic E-state index is 13.0. The van der Waals surface area contributed by atoms with Crippen LogP contribution in [0.25, 0.3) is 0 Å². The molecule has 0 aromatic heterocycles. The largest absolute Gasteiger partial charge is 0.234 e. The van der Waals surface area contributed by atoms with Crippen molar-refractivity contribution in [3.05, 3.63) is 35.7 Å². The Morgan fingerprint density at radius 2 is 2.17 bits per heavy atom. The molecule has 1 unspecified atom stereocenters. The summed E-state index contributed by atoms with van der Waals surface area (Å²) in [7, 11) is 0. The number of allylic oxidation sites excluding steroid dienone is 5. The van der Waals surface area contributed by atoms with E-state index in [1.165, 1.54) is 12.2 Å². The van der Waals surface area contributed by atoms with E-state index < -0.39 is 12.0 Å². The lowest BCUT2D eigenvalue weighted by Crippen LogP contribution is -2.08. The molecule has 1 atom stereocenters. The van der Waals surface area contributed by atoms with E-state index in [0.29, 0.717) is 0 Å². The van der Waals surface area contributed by atoms with Crippen LogP contribution in [0, 0.1) is 11.8 Å². The molecule has 0 saturated carbocycles. The molecule has 0 fully saturated rings. The van der Waals surface area contributed by atoms with Crippen molar-refractivity contribution in [2.45, 2.75) is 13.1 Å². The standard InChI is InChI=1S/C10H8F2/c1-3-4-8-6-5-7(2)9(11)10(8)12/h5-6,9H,2H2,1H3. The zero-order valence-electron chi connectivity index (χ0n) is 6.70. The van der Waals surface area contributed by atoms with Gasteiger partial charge in [-0.3, -0.25) is 0 Å². The number of hydrogen-bond donors (Lipinski definition) is 0. The van der Waals surface area contributed by atoms with Crippen molar-refractivity contribution in [2.24, 2.45) is 0 Å². The van der Waals surface area contributed by atoms with Crippen LogP contribution in [0.4, 0.5) is 8.78 Å². The third-order valence-corrected chi connectivity index (χ3v) is 1.53. The summed E-state index contributed by atoms with van der Waals surface area (Å²) < 4.78 is 25.9. The summed E-state index contributed by atoms with van der Waals surface area (Å²) in [5.41, 5.74) is 0.242. The van der Waals surface area contributed by atoms with Crippen LogP contribution in [0.3, 0.4) is 0 Å². The summed E-state index contributed by atoms with van der Waals surface area (Å²) in [6, 6.07) is 0. The normalized spacial score (nSPS) is 22.2. The number of rotatable bonds is 0. The van der Waals surface area contributed by atoms with Gasteiger partial charge in [-0.2, -0.15) is 0 Å². The second-order valence-corrected chi connectivity index (χ2v) is 2.41. The molecule has 0 spiro atoms. The van der Waals surface area contributed by atoms with Crippen LogP contribution in [0.15, 0.2) is 35.7 Å². The average Bonchev–Trinajstić information content (AvgIpc) is 2.07. The van der Waals surface area contributed by atoms with Gasteiger partial charge in [0.1, 0.15) is 0 Å². The van der Waals surface area contributed by atoms with E-state index >= 15 is 0 Å². The molecule has 1 aliphatic carbocycles. The number of hydrogen-bond acceptors (Lipinski definition) is 0. The van der Waals surface area contributed by atoms with Crippen molar-refractivity contribution in [1.82, 2.24) is 0 Å². The van der Waals surface area contributed by atoms with E-state index in [-0.39, 0.29) is 11.1 Å². The van der Waals surface area contributed by atoms with Crippen LogP contribution < -0.4 is 0 Å². The fraction of sp³-hybridized carbons (Fsp3) is 0.200. The summed E-state index contributed by atoms with van der Waals surface area (Å²) in [4.78, 5) is 0. The van der Waals surface area contributed by atoms with Gasteiger partial charge >= 0.3 is 0 Å². The Hall–Kier alpha value is -1.36. The van der Waals surface area contributed by atoms with Crippen LogP contribution in [-0.2, 0) is 0 Å². The molecule has 0 heterocycles. The fourth-order valence-corrected chi connectivity index (χ4v) is 0.890. The molecule has 0 saturated heterocycles. The van der Waals surface area contributed by atoms with Crippen molar-refractivity contribution in [1.29, 1.82) is 0 Å². The van der Waals surface area contributed by atoms with Gasteiger partial charge in [-0.25, -0.2) is 8.78 Å². The Kier molecular flexibility index (Phi) is 2.44. The van der Waals surface area contributed by atoms with Gasteiger partial charge in [-0.15, -0.1) is 5.92 Å². The third-order valence-electron chi connectivity index (χ3n) is 1.53. The van der Waals surface area contributed by atoms with Gasteiger partial charge in [-0.05, 0) is 18.6 Å². The fourth-order valence-electron chi connectivity index (χ4n) is 0.890. The summed E-state index contributed by atoms with van der Waals surface area (Å²) in [5.74, 6) is 4.14. The average molecular weight is 166 g/mol. The summed E-state index contributed by atoms with van der Waals surface area (Å²) in [6.07, 6.45) is 1.16. The zero-order valence-corrected chi connectivity index (χ0v) is 6.70. The Balaban J connectivity index is 3.07. The summed E-state index contributed by atoms with van der Waals surface area (Å²) in [6.45, 7) is 4.93. The highest BCUT2D eigenvalue weighted by Gasteiger charge is 2.21. The molecule has 2 heteroatoms. The first-order chi connectivity index (χ1) is 5.66. The highest BCUT2D eigenvalue weighted by atomic mass is 19.2. The van der Waals surface area contributed by atoms with Crippen molar-refractivity contribution in [3.63, 3.8) is 0 Å². The Bertz CT molecular complexity index is 323. The highest BCUT2D eigenvalue weighted by molar-refractivity contribution is 5.49. The van der Waals surface area contributed by atoms with E-state index in [2.05, 4.69) is 18.4 Å². The molecule has 1 aliphatic rings. The van der Waals surface area contributed by atoms with E-state index in [0.717, 1.165) is 0 Å². The molecule has 0 radical (unpaired) electrons. The van der Waals surface area contributed by atoms with E-state index in [4.69, 9.17) is 0 Å². The first-order valence-corrected chi connectivity index (χ1v) is 3.50. The van der Waals surface area contributed by atoms with Gasteiger partial charge in [0, 0.05) is 0 Å². The molecule has 1 rings (SSSR count). The lowest BCUT2D eigenvalue weighted by Gasteiger charge is -2.11. The molecular weight excluding hydrogens is 158 g/mol. The molecule has 12 heavy (non-hydrogen) atoms. The Morgan fingerprint density at radius 1 is 1.50 bits per heavy atom. The van der Waals surface area contributed by atoms with Gasteiger partial charge in [0.15, 0.2) is 12.0 Å².